The van der Waals surface area contributed by atoms with Crippen molar-refractivity contribution in [3.8, 4) is 0 Å². The third-order valence-corrected chi connectivity index (χ3v) is 8.17. The molecule has 0 bridgehead atoms. The quantitative estimate of drug-likeness (QED) is 0.492. The van der Waals surface area contributed by atoms with E-state index in [1.54, 1.807) is 0 Å². The highest BCUT2D eigenvalue weighted by molar-refractivity contribution is 7.99. The van der Waals surface area contributed by atoms with Gasteiger partial charge in [0.15, 0.2) is 6.29 Å². The smallest absolute Gasteiger partial charge is 0.328 e. The number of rotatable bonds is 6. The first-order valence-corrected chi connectivity index (χ1v) is 14.0. The molecule has 2 fully saturated rings. The number of carbonyl (C=O) groups is 2. The lowest BCUT2D eigenvalue weighted by Crippen LogP contribution is -2.48. The summed E-state index contributed by atoms with van der Waals surface area (Å²) in [5.41, 5.74) is 2.81. The van der Waals surface area contributed by atoms with Gasteiger partial charge in [0.05, 0.1) is 13.2 Å². The molecule has 2 aromatic carbocycles. The number of piperazine rings is 1. The van der Waals surface area contributed by atoms with Gasteiger partial charge in [0.25, 0.3) is 0 Å². The second-order valence-electron chi connectivity index (χ2n) is 9.31. The molecular weight excluding hydrogens is 528 g/mol. The van der Waals surface area contributed by atoms with Gasteiger partial charge in [0, 0.05) is 72.2 Å². The Morgan fingerprint density at radius 1 is 0.974 bits per heavy atom. The average molecular weight is 561 g/mol. The standard InChI is InChI=1S/C24H29ClN2O2S.C4H4O4/c25-19-6-7-23-20(17-19)21(16-18-4-1-2-5-22(18)30-23)27-12-10-26(11-13-27)9-8-24-28-14-3-15-29-24;5-3(6)1-2-4(7)8/h1-2,4-7,17,21,24H,3,8-16H2;1-2H,(H,5,6)(H,7,8)/b;2-1+. The SMILES string of the molecule is Clc1ccc2c(c1)C(N1CCN(CCC3OCCCO3)CC1)Cc1ccccc1S2.O=C(O)/C=C/C(=O)O. The van der Waals surface area contributed by atoms with Gasteiger partial charge in [-0.1, -0.05) is 41.6 Å². The van der Waals surface area contributed by atoms with Crippen molar-refractivity contribution in [3.05, 3.63) is 70.8 Å². The lowest BCUT2D eigenvalue weighted by Gasteiger charge is -2.40. The molecule has 2 aromatic rings. The van der Waals surface area contributed by atoms with Gasteiger partial charge in [-0.2, -0.15) is 0 Å². The first-order chi connectivity index (χ1) is 18.4. The van der Waals surface area contributed by atoms with E-state index < -0.39 is 11.9 Å². The third-order valence-electron chi connectivity index (χ3n) is 6.73. The summed E-state index contributed by atoms with van der Waals surface area (Å²) in [7, 11) is 0. The number of hydrogen-bond acceptors (Lipinski definition) is 7. The van der Waals surface area contributed by atoms with Crippen molar-refractivity contribution in [1.82, 2.24) is 9.80 Å². The molecule has 0 aliphatic carbocycles. The van der Waals surface area contributed by atoms with Crippen LogP contribution >= 0.6 is 23.4 Å². The van der Waals surface area contributed by atoms with Crippen LogP contribution in [0.3, 0.4) is 0 Å². The predicted molar refractivity (Wildman–Crippen MR) is 146 cm³/mol. The maximum absolute atomic E-state index is 9.55. The van der Waals surface area contributed by atoms with E-state index in [1.807, 2.05) is 17.8 Å². The molecule has 1 atom stereocenters. The highest BCUT2D eigenvalue weighted by Gasteiger charge is 2.30. The Bertz CT molecular complexity index is 1120. The van der Waals surface area contributed by atoms with E-state index in [2.05, 4.69) is 46.2 Å². The molecule has 5 rings (SSSR count). The third kappa shape index (κ3) is 8.30. The number of halogens is 1. The van der Waals surface area contributed by atoms with Crippen molar-refractivity contribution < 1.29 is 29.3 Å². The minimum atomic E-state index is -1.26. The Balaban J connectivity index is 0.000000368. The van der Waals surface area contributed by atoms with Gasteiger partial charge in [-0.3, -0.25) is 4.90 Å². The molecule has 10 heteroatoms. The normalized spacial score (nSPS) is 20.6. The maximum atomic E-state index is 9.55. The Morgan fingerprint density at radius 2 is 1.66 bits per heavy atom. The van der Waals surface area contributed by atoms with E-state index >= 15 is 0 Å². The fourth-order valence-corrected chi connectivity index (χ4v) is 6.14. The molecule has 3 aliphatic rings. The molecule has 0 saturated carbocycles. The number of carboxylic acids is 2. The van der Waals surface area contributed by atoms with E-state index in [0.29, 0.717) is 18.2 Å². The summed E-state index contributed by atoms with van der Waals surface area (Å²) in [5, 5.41) is 16.5. The number of aliphatic carboxylic acids is 2. The summed E-state index contributed by atoms with van der Waals surface area (Å²) in [6.45, 7) is 7.06. The summed E-state index contributed by atoms with van der Waals surface area (Å²) >= 11 is 8.30. The summed E-state index contributed by atoms with van der Waals surface area (Å²) in [4.78, 5) is 27.0. The Hall–Kier alpha value is -2.40. The summed E-state index contributed by atoms with van der Waals surface area (Å²) in [6.07, 6.45) is 4.13. The molecule has 0 aromatic heterocycles. The van der Waals surface area contributed by atoms with Crippen molar-refractivity contribution in [2.75, 3.05) is 45.9 Å². The highest BCUT2D eigenvalue weighted by Crippen LogP contribution is 2.43. The Kier molecular flexibility index (Phi) is 10.6. The number of benzene rings is 2. The second kappa shape index (κ2) is 14.1. The van der Waals surface area contributed by atoms with Gasteiger partial charge < -0.3 is 24.6 Å². The fourth-order valence-electron chi connectivity index (χ4n) is 4.84. The van der Waals surface area contributed by atoms with Crippen molar-refractivity contribution in [2.24, 2.45) is 0 Å². The molecule has 2 N–H and O–H groups in total. The van der Waals surface area contributed by atoms with Crippen molar-refractivity contribution >= 4 is 35.3 Å². The van der Waals surface area contributed by atoms with Crippen LogP contribution in [0.25, 0.3) is 0 Å². The van der Waals surface area contributed by atoms with Crippen molar-refractivity contribution in [2.45, 2.75) is 41.4 Å². The molecule has 204 valence electrons. The zero-order chi connectivity index (χ0) is 26.9. The minimum absolute atomic E-state index is 0.0128. The Labute approximate surface area is 232 Å². The first kappa shape index (κ1) is 28.6. The molecule has 3 aliphatic heterocycles. The molecule has 3 heterocycles. The minimum Gasteiger partial charge on any atom is -0.478 e. The molecular formula is C28H33ClN2O6S. The zero-order valence-electron chi connectivity index (χ0n) is 21.1. The van der Waals surface area contributed by atoms with Gasteiger partial charge >= 0.3 is 11.9 Å². The second-order valence-corrected chi connectivity index (χ2v) is 10.8. The van der Waals surface area contributed by atoms with Crippen LogP contribution in [0.1, 0.15) is 30.0 Å². The maximum Gasteiger partial charge on any atom is 0.328 e. The van der Waals surface area contributed by atoms with E-state index in [4.69, 9.17) is 31.3 Å². The average Bonchev–Trinajstić information content (AvgIpc) is 3.08. The fraction of sp³-hybridized carbons (Fsp3) is 0.429. The largest absolute Gasteiger partial charge is 0.478 e. The topological polar surface area (TPSA) is 99.5 Å². The van der Waals surface area contributed by atoms with E-state index in [9.17, 15) is 9.59 Å². The van der Waals surface area contributed by atoms with E-state index in [0.717, 1.165) is 70.2 Å². The van der Waals surface area contributed by atoms with Gasteiger partial charge in [0.2, 0.25) is 0 Å². The molecule has 2 saturated heterocycles. The van der Waals surface area contributed by atoms with Crippen LogP contribution in [0.2, 0.25) is 5.02 Å². The predicted octanol–water partition coefficient (Wildman–Crippen LogP) is 4.57. The molecule has 0 amide bonds. The summed E-state index contributed by atoms with van der Waals surface area (Å²) in [5.74, 6) is -2.51. The monoisotopic (exact) mass is 560 g/mol. The Morgan fingerprint density at radius 3 is 2.34 bits per heavy atom. The van der Waals surface area contributed by atoms with Crippen molar-refractivity contribution in [1.29, 1.82) is 0 Å². The van der Waals surface area contributed by atoms with Crippen LogP contribution in [-0.2, 0) is 25.5 Å². The van der Waals surface area contributed by atoms with Gasteiger partial charge in [-0.15, -0.1) is 0 Å². The first-order valence-electron chi connectivity index (χ1n) is 12.8. The van der Waals surface area contributed by atoms with Crippen LogP contribution in [0.4, 0.5) is 0 Å². The molecule has 0 radical (unpaired) electrons. The van der Waals surface area contributed by atoms with E-state index in [1.165, 1.54) is 20.9 Å². The van der Waals surface area contributed by atoms with Crippen LogP contribution in [0.5, 0.6) is 0 Å². The summed E-state index contributed by atoms with van der Waals surface area (Å²) in [6, 6.07) is 15.6. The zero-order valence-corrected chi connectivity index (χ0v) is 22.7. The van der Waals surface area contributed by atoms with Crippen LogP contribution in [-0.4, -0.2) is 84.2 Å². The lowest BCUT2D eigenvalue weighted by molar-refractivity contribution is -0.183. The number of fused-ring (bicyclic) bond motifs is 2. The molecule has 1 unspecified atom stereocenters. The number of hydrogen-bond donors (Lipinski definition) is 2. The van der Waals surface area contributed by atoms with Gasteiger partial charge in [-0.05, 0) is 48.2 Å². The van der Waals surface area contributed by atoms with Crippen molar-refractivity contribution in [3.63, 3.8) is 0 Å². The van der Waals surface area contributed by atoms with Crippen LogP contribution < -0.4 is 0 Å². The number of ether oxygens (including phenoxy) is 2. The van der Waals surface area contributed by atoms with Crippen LogP contribution in [0, 0.1) is 0 Å². The number of carboxylic acid groups (broad SMARTS) is 2. The van der Waals surface area contributed by atoms with Gasteiger partial charge in [0.1, 0.15) is 0 Å². The van der Waals surface area contributed by atoms with Gasteiger partial charge in [-0.25, -0.2) is 9.59 Å². The molecule has 38 heavy (non-hydrogen) atoms. The summed E-state index contributed by atoms with van der Waals surface area (Å²) < 4.78 is 11.4. The lowest BCUT2D eigenvalue weighted by atomic mass is 9.96. The number of nitrogens with zero attached hydrogens (tertiary/aromatic N) is 2. The van der Waals surface area contributed by atoms with E-state index in [-0.39, 0.29) is 6.29 Å². The molecule has 8 nitrogen and oxygen atoms in total. The molecule has 0 spiro atoms. The highest BCUT2D eigenvalue weighted by atomic mass is 35.5. The van der Waals surface area contributed by atoms with Crippen LogP contribution in [0.15, 0.2) is 64.4 Å².